The largest absolute Gasteiger partial charge is 0.300 e. The molecule has 1 fully saturated rings. The third-order valence-corrected chi connectivity index (χ3v) is 3.56. The molecule has 1 unspecified atom stereocenters. The first-order valence-electron chi connectivity index (χ1n) is 6.23. The standard InChI is InChI=1S/C14H16N2O/c17-14-7-4-8-15-13-9-12(10-16(13)14)11-5-2-1-3-6-11/h1-3,5-6,12H,4,7-10H2. The highest BCUT2D eigenvalue weighted by molar-refractivity contribution is 6.00. The Kier molecular flexibility index (Phi) is 2.67. The third-order valence-electron chi connectivity index (χ3n) is 3.56. The maximum absolute atomic E-state index is 11.9. The van der Waals surface area contributed by atoms with Gasteiger partial charge in [-0.3, -0.25) is 9.79 Å². The lowest BCUT2D eigenvalue weighted by molar-refractivity contribution is -0.126. The Labute approximate surface area is 101 Å². The lowest BCUT2D eigenvalue weighted by atomic mass is 9.98. The second-order valence-corrected chi connectivity index (χ2v) is 4.72. The summed E-state index contributed by atoms with van der Waals surface area (Å²) in [6.45, 7) is 1.61. The van der Waals surface area contributed by atoms with Crippen LogP contribution in [0.25, 0.3) is 0 Å². The molecule has 0 N–H and O–H groups in total. The molecule has 2 heterocycles. The molecule has 1 atom stereocenters. The highest BCUT2D eigenvalue weighted by Gasteiger charge is 2.33. The van der Waals surface area contributed by atoms with E-state index in [1.165, 1.54) is 5.56 Å². The molecule has 88 valence electrons. The molecular weight excluding hydrogens is 212 g/mol. The lowest BCUT2D eigenvalue weighted by Crippen LogP contribution is -2.30. The molecule has 3 heteroatoms. The number of benzene rings is 1. The van der Waals surface area contributed by atoms with Crippen molar-refractivity contribution in [3.05, 3.63) is 35.9 Å². The van der Waals surface area contributed by atoms with E-state index in [9.17, 15) is 4.79 Å². The quantitative estimate of drug-likeness (QED) is 0.725. The molecule has 0 spiro atoms. The molecule has 17 heavy (non-hydrogen) atoms. The second-order valence-electron chi connectivity index (χ2n) is 4.72. The molecule has 0 saturated carbocycles. The molecule has 0 aliphatic carbocycles. The number of hydrogen-bond donors (Lipinski definition) is 0. The second kappa shape index (κ2) is 4.32. The van der Waals surface area contributed by atoms with Gasteiger partial charge in [0.15, 0.2) is 0 Å². The van der Waals surface area contributed by atoms with Gasteiger partial charge in [-0.05, 0) is 12.0 Å². The van der Waals surface area contributed by atoms with E-state index < -0.39 is 0 Å². The molecule has 0 radical (unpaired) electrons. The smallest absolute Gasteiger partial charge is 0.227 e. The summed E-state index contributed by atoms with van der Waals surface area (Å²) in [6, 6.07) is 10.4. The van der Waals surface area contributed by atoms with E-state index in [0.29, 0.717) is 12.3 Å². The van der Waals surface area contributed by atoms with Gasteiger partial charge in [0.2, 0.25) is 5.91 Å². The molecule has 2 aliphatic heterocycles. The first-order chi connectivity index (χ1) is 8.34. The van der Waals surface area contributed by atoms with E-state index in [2.05, 4.69) is 29.3 Å². The predicted octanol–water partition coefficient (Wildman–Crippen LogP) is 2.19. The molecule has 1 amide bonds. The van der Waals surface area contributed by atoms with Crippen LogP contribution in [0.15, 0.2) is 35.3 Å². The topological polar surface area (TPSA) is 32.7 Å². The van der Waals surface area contributed by atoms with Gasteiger partial charge in [-0.1, -0.05) is 30.3 Å². The van der Waals surface area contributed by atoms with Gasteiger partial charge in [0.1, 0.15) is 5.84 Å². The molecular formula is C14H16N2O. The van der Waals surface area contributed by atoms with Gasteiger partial charge in [0.25, 0.3) is 0 Å². The minimum absolute atomic E-state index is 0.250. The number of aliphatic imine (C=N–C) groups is 1. The Bertz CT molecular complexity index is 453. The molecule has 1 aromatic rings. The fourth-order valence-corrected chi connectivity index (χ4v) is 2.64. The summed E-state index contributed by atoms with van der Waals surface area (Å²) >= 11 is 0. The van der Waals surface area contributed by atoms with E-state index in [1.807, 2.05) is 11.0 Å². The van der Waals surface area contributed by atoms with Crippen LogP contribution in [0.1, 0.15) is 30.7 Å². The van der Waals surface area contributed by atoms with Crippen molar-refractivity contribution >= 4 is 11.7 Å². The van der Waals surface area contributed by atoms with Crippen LogP contribution in [0.5, 0.6) is 0 Å². The zero-order chi connectivity index (χ0) is 11.7. The first kappa shape index (κ1) is 10.5. The lowest BCUT2D eigenvalue weighted by Gasteiger charge is -2.15. The van der Waals surface area contributed by atoms with Gasteiger partial charge in [-0.2, -0.15) is 0 Å². The summed E-state index contributed by atoms with van der Waals surface area (Å²) in [5, 5.41) is 0. The predicted molar refractivity (Wildman–Crippen MR) is 67.0 cm³/mol. The Hall–Kier alpha value is -1.64. The maximum Gasteiger partial charge on any atom is 0.227 e. The monoisotopic (exact) mass is 228 g/mol. The fraction of sp³-hybridized carbons (Fsp3) is 0.429. The van der Waals surface area contributed by atoms with Crippen LogP contribution in [0.2, 0.25) is 0 Å². The summed E-state index contributed by atoms with van der Waals surface area (Å²) in [5.74, 6) is 1.68. The average molecular weight is 228 g/mol. The number of fused-ring (bicyclic) bond motifs is 1. The first-order valence-corrected chi connectivity index (χ1v) is 6.23. The van der Waals surface area contributed by atoms with Crippen LogP contribution in [-0.2, 0) is 4.79 Å². The van der Waals surface area contributed by atoms with Crippen LogP contribution in [0, 0.1) is 0 Å². The fourth-order valence-electron chi connectivity index (χ4n) is 2.64. The van der Waals surface area contributed by atoms with Gasteiger partial charge < -0.3 is 4.90 Å². The van der Waals surface area contributed by atoms with Crippen molar-refractivity contribution in [3.63, 3.8) is 0 Å². The number of nitrogens with zero attached hydrogens (tertiary/aromatic N) is 2. The summed E-state index contributed by atoms with van der Waals surface area (Å²) in [5.41, 5.74) is 1.32. The maximum atomic E-state index is 11.9. The van der Waals surface area contributed by atoms with Crippen LogP contribution in [-0.4, -0.2) is 29.7 Å². The van der Waals surface area contributed by atoms with Gasteiger partial charge >= 0.3 is 0 Å². The van der Waals surface area contributed by atoms with Crippen molar-refractivity contribution in [2.75, 3.05) is 13.1 Å². The summed E-state index contributed by atoms with van der Waals surface area (Å²) in [6.07, 6.45) is 2.46. The molecule has 1 aromatic carbocycles. The van der Waals surface area contributed by atoms with E-state index in [4.69, 9.17) is 0 Å². The number of hydrogen-bond acceptors (Lipinski definition) is 2. The van der Waals surface area contributed by atoms with Crippen molar-refractivity contribution in [3.8, 4) is 0 Å². The average Bonchev–Trinajstić information content (AvgIpc) is 2.72. The van der Waals surface area contributed by atoms with E-state index in [0.717, 1.165) is 31.8 Å². The number of amides is 1. The highest BCUT2D eigenvalue weighted by Crippen LogP contribution is 2.30. The Morgan fingerprint density at radius 1 is 1.24 bits per heavy atom. The molecule has 0 bridgehead atoms. The van der Waals surface area contributed by atoms with Crippen molar-refractivity contribution in [1.29, 1.82) is 0 Å². The zero-order valence-corrected chi connectivity index (χ0v) is 9.80. The van der Waals surface area contributed by atoms with Crippen molar-refractivity contribution in [1.82, 2.24) is 4.90 Å². The van der Waals surface area contributed by atoms with Gasteiger partial charge in [0.05, 0.1) is 0 Å². The Morgan fingerprint density at radius 2 is 2.06 bits per heavy atom. The molecule has 3 rings (SSSR count). The van der Waals surface area contributed by atoms with Gasteiger partial charge in [-0.25, -0.2) is 0 Å². The normalized spacial score (nSPS) is 24.2. The number of rotatable bonds is 1. The number of carbonyl (C=O) groups excluding carboxylic acids is 1. The van der Waals surface area contributed by atoms with Crippen LogP contribution < -0.4 is 0 Å². The molecule has 0 aromatic heterocycles. The van der Waals surface area contributed by atoms with Crippen molar-refractivity contribution in [2.24, 2.45) is 4.99 Å². The van der Waals surface area contributed by atoms with Gasteiger partial charge in [-0.15, -0.1) is 0 Å². The SMILES string of the molecule is O=C1CCCN=C2CC(c3ccccc3)CN12. The van der Waals surface area contributed by atoms with Gasteiger partial charge in [0, 0.05) is 31.8 Å². The van der Waals surface area contributed by atoms with Crippen LogP contribution >= 0.6 is 0 Å². The zero-order valence-electron chi connectivity index (χ0n) is 9.80. The summed E-state index contributed by atoms with van der Waals surface area (Å²) < 4.78 is 0. The highest BCUT2D eigenvalue weighted by atomic mass is 16.2. The van der Waals surface area contributed by atoms with E-state index in [1.54, 1.807) is 0 Å². The van der Waals surface area contributed by atoms with Crippen molar-refractivity contribution < 1.29 is 4.79 Å². The number of carbonyl (C=O) groups is 1. The Balaban J connectivity index is 1.85. The minimum atomic E-state index is 0.250. The third kappa shape index (κ3) is 1.97. The van der Waals surface area contributed by atoms with Crippen LogP contribution in [0.3, 0.4) is 0 Å². The van der Waals surface area contributed by atoms with Crippen molar-refractivity contribution in [2.45, 2.75) is 25.2 Å². The summed E-state index contributed by atoms with van der Waals surface area (Å²) in [7, 11) is 0. The van der Waals surface area contributed by atoms with Crippen LogP contribution in [0.4, 0.5) is 0 Å². The molecule has 2 aliphatic rings. The summed E-state index contributed by atoms with van der Waals surface area (Å²) in [4.78, 5) is 18.3. The minimum Gasteiger partial charge on any atom is -0.300 e. The van der Waals surface area contributed by atoms with E-state index >= 15 is 0 Å². The number of amidine groups is 1. The Morgan fingerprint density at radius 3 is 2.88 bits per heavy atom. The van der Waals surface area contributed by atoms with E-state index in [-0.39, 0.29) is 5.91 Å². The molecule has 3 nitrogen and oxygen atoms in total. The molecule has 1 saturated heterocycles.